The van der Waals surface area contributed by atoms with Crippen LogP contribution in [0.2, 0.25) is 5.15 Å². The van der Waals surface area contributed by atoms with Gasteiger partial charge >= 0.3 is 5.69 Å². The van der Waals surface area contributed by atoms with Gasteiger partial charge in [-0.15, -0.1) is 0 Å². The molecule has 0 saturated carbocycles. The van der Waals surface area contributed by atoms with Gasteiger partial charge in [0.25, 0.3) is 5.56 Å². The van der Waals surface area contributed by atoms with E-state index in [0.29, 0.717) is 11.7 Å². The Balaban J connectivity index is 1.89. The summed E-state index contributed by atoms with van der Waals surface area (Å²) in [4.78, 5) is 33.4. The lowest BCUT2D eigenvalue weighted by molar-refractivity contribution is 0.611. The van der Waals surface area contributed by atoms with Crippen LogP contribution in [0.1, 0.15) is 5.56 Å². The first-order valence-electron chi connectivity index (χ1n) is 8.02. The number of pyridine rings is 2. The van der Waals surface area contributed by atoms with Gasteiger partial charge in [0.1, 0.15) is 11.0 Å². The molecule has 0 aliphatic carbocycles. The zero-order chi connectivity index (χ0) is 19.0. The summed E-state index contributed by atoms with van der Waals surface area (Å²) in [5.41, 5.74) is -0.559. The Hall–Kier alpha value is -3.32. The number of benzene rings is 1. The molecule has 3 heterocycles. The minimum Gasteiger partial charge on any atom is -0.328 e. The second-order valence-electron chi connectivity index (χ2n) is 5.85. The molecule has 0 unspecified atom stereocenters. The zero-order valence-electron chi connectivity index (χ0n) is 13.8. The van der Waals surface area contributed by atoms with Crippen molar-refractivity contribution in [2.75, 3.05) is 0 Å². The molecule has 2 aliphatic rings. The maximum Gasteiger partial charge on any atom is 0.357 e. The third-order valence-corrected chi connectivity index (χ3v) is 4.33. The summed E-state index contributed by atoms with van der Waals surface area (Å²) in [6.07, 6.45) is 3.31. The largest absolute Gasteiger partial charge is 0.357 e. The van der Waals surface area contributed by atoms with Crippen molar-refractivity contribution in [1.29, 1.82) is 0 Å². The summed E-state index contributed by atoms with van der Waals surface area (Å²) in [6.45, 7) is 0.344. The van der Waals surface area contributed by atoms with Gasteiger partial charge < -0.3 is 4.57 Å². The standard InChI is InChI=1S/C19H12ClFN4O2/c20-16-8-7-12(10-22-16)11-24-9-3-4-13-17(24)23-19(27)25(18(13)26)15-6-2-1-5-14(15)21/h1-10H,11H2. The highest BCUT2D eigenvalue weighted by Gasteiger charge is 2.19. The van der Waals surface area contributed by atoms with Crippen LogP contribution in [-0.4, -0.2) is 19.1 Å². The summed E-state index contributed by atoms with van der Waals surface area (Å²) in [5.74, 6) is -0.455. The van der Waals surface area contributed by atoms with E-state index in [0.717, 1.165) is 10.1 Å². The molecular formula is C19H12ClFN4O2. The van der Waals surface area contributed by atoms with Gasteiger partial charge in [0.05, 0.1) is 17.8 Å². The summed E-state index contributed by atoms with van der Waals surface area (Å²) in [6, 6.07) is 12.2. The summed E-state index contributed by atoms with van der Waals surface area (Å²) in [5, 5.41) is 0.370. The maximum absolute atomic E-state index is 14.1. The highest BCUT2D eigenvalue weighted by Crippen LogP contribution is 2.17. The molecule has 0 spiro atoms. The fourth-order valence-corrected chi connectivity index (χ4v) is 2.96. The number of fused-ring (bicyclic) bond motifs is 1. The van der Waals surface area contributed by atoms with Crippen LogP contribution >= 0.6 is 11.6 Å². The van der Waals surface area contributed by atoms with Crippen molar-refractivity contribution in [2.45, 2.75) is 6.54 Å². The molecule has 8 heteroatoms. The van der Waals surface area contributed by atoms with Crippen LogP contribution in [0.3, 0.4) is 0 Å². The highest BCUT2D eigenvalue weighted by molar-refractivity contribution is 6.29. The average molecular weight is 383 g/mol. The van der Waals surface area contributed by atoms with Gasteiger partial charge in [-0.05, 0) is 35.9 Å². The zero-order valence-corrected chi connectivity index (χ0v) is 14.6. The van der Waals surface area contributed by atoms with Crippen molar-refractivity contribution in [1.82, 2.24) is 19.1 Å². The fraction of sp³-hybridized carbons (Fsp3) is 0.0526. The van der Waals surface area contributed by atoms with Crippen molar-refractivity contribution in [3.63, 3.8) is 0 Å². The van der Waals surface area contributed by atoms with Crippen LogP contribution in [0.15, 0.2) is 70.5 Å². The highest BCUT2D eigenvalue weighted by atomic mass is 35.5. The van der Waals surface area contributed by atoms with E-state index in [-0.39, 0.29) is 17.1 Å². The number of hydrogen-bond donors (Lipinski definition) is 0. The fourth-order valence-electron chi connectivity index (χ4n) is 2.85. The van der Waals surface area contributed by atoms with Crippen LogP contribution in [0.4, 0.5) is 4.39 Å². The van der Waals surface area contributed by atoms with Gasteiger partial charge in [-0.25, -0.2) is 18.7 Å². The second-order valence-corrected chi connectivity index (χ2v) is 6.24. The number of halogens is 2. The summed E-state index contributed by atoms with van der Waals surface area (Å²) < 4.78 is 16.5. The van der Waals surface area contributed by atoms with E-state index in [1.807, 2.05) is 0 Å². The molecule has 0 N–H and O–H groups in total. The van der Waals surface area contributed by atoms with E-state index in [1.54, 1.807) is 47.3 Å². The molecule has 1 aromatic carbocycles. The molecule has 0 saturated heterocycles. The van der Waals surface area contributed by atoms with Gasteiger partial charge in [-0.2, -0.15) is 4.98 Å². The van der Waals surface area contributed by atoms with Gasteiger partial charge in [0.15, 0.2) is 5.82 Å². The molecule has 27 heavy (non-hydrogen) atoms. The molecule has 0 fully saturated rings. The quantitative estimate of drug-likeness (QED) is 0.511. The number of nitrogens with zero attached hydrogens (tertiary/aromatic N) is 4. The number of aromatic nitrogens is 4. The van der Waals surface area contributed by atoms with E-state index in [2.05, 4.69) is 9.97 Å². The lowest BCUT2D eigenvalue weighted by Gasteiger charge is -2.15. The van der Waals surface area contributed by atoms with Gasteiger partial charge in [-0.3, -0.25) is 4.79 Å². The summed E-state index contributed by atoms with van der Waals surface area (Å²) in [7, 11) is 0. The van der Waals surface area contributed by atoms with Crippen molar-refractivity contribution in [3.8, 4) is 17.1 Å². The molecule has 1 aromatic heterocycles. The SMILES string of the molecule is O=c1nc2n(Cc3ccc(Cl)nc3)cccc-2c(=O)n1-c1ccccc1F. The van der Waals surface area contributed by atoms with Crippen LogP contribution in [0.5, 0.6) is 0 Å². The molecule has 2 aromatic rings. The van der Waals surface area contributed by atoms with Gasteiger partial charge in [-0.1, -0.05) is 29.8 Å². The molecule has 0 radical (unpaired) electrons. The third-order valence-electron chi connectivity index (χ3n) is 4.10. The van der Waals surface area contributed by atoms with E-state index in [1.165, 1.54) is 18.2 Å². The molecular weight excluding hydrogens is 371 g/mol. The van der Waals surface area contributed by atoms with E-state index < -0.39 is 17.1 Å². The third kappa shape index (κ3) is 3.13. The van der Waals surface area contributed by atoms with E-state index in [4.69, 9.17) is 11.6 Å². The smallest absolute Gasteiger partial charge is 0.328 e. The minimum absolute atomic E-state index is 0.126. The van der Waals surface area contributed by atoms with Crippen LogP contribution < -0.4 is 11.2 Å². The Kier molecular flexibility index (Phi) is 4.29. The lowest BCUT2D eigenvalue weighted by atomic mass is 10.2. The molecule has 2 aliphatic heterocycles. The summed E-state index contributed by atoms with van der Waals surface area (Å²) >= 11 is 5.79. The van der Waals surface area contributed by atoms with Crippen LogP contribution in [0, 0.1) is 5.82 Å². The topological polar surface area (TPSA) is 69.8 Å². The Labute approximate surface area is 157 Å². The normalized spacial score (nSPS) is 11.0. The first-order valence-corrected chi connectivity index (χ1v) is 8.40. The van der Waals surface area contributed by atoms with E-state index in [9.17, 15) is 14.0 Å². The van der Waals surface area contributed by atoms with Crippen LogP contribution in [0.25, 0.3) is 17.1 Å². The average Bonchev–Trinajstić information content (AvgIpc) is 2.66. The Bertz CT molecular complexity index is 1220. The van der Waals surface area contributed by atoms with Crippen LogP contribution in [-0.2, 0) is 6.54 Å². The molecule has 6 nitrogen and oxygen atoms in total. The number of hydrogen-bond acceptors (Lipinski definition) is 4. The Morgan fingerprint density at radius 3 is 2.59 bits per heavy atom. The second kappa shape index (κ2) is 6.77. The first kappa shape index (κ1) is 17.1. The van der Waals surface area contributed by atoms with Crippen molar-refractivity contribution in [2.24, 2.45) is 0 Å². The van der Waals surface area contributed by atoms with Gasteiger partial charge in [0.2, 0.25) is 0 Å². The monoisotopic (exact) mass is 382 g/mol. The van der Waals surface area contributed by atoms with Crippen molar-refractivity contribution in [3.05, 3.63) is 98.3 Å². The van der Waals surface area contributed by atoms with Crippen molar-refractivity contribution >= 4 is 11.6 Å². The predicted molar refractivity (Wildman–Crippen MR) is 99.0 cm³/mol. The number of para-hydroxylation sites is 1. The first-order chi connectivity index (χ1) is 13.0. The molecule has 0 bridgehead atoms. The lowest BCUT2D eigenvalue weighted by Crippen LogP contribution is -2.37. The molecule has 134 valence electrons. The molecule has 0 atom stereocenters. The maximum atomic E-state index is 14.1. The predicted octanol–water partition coefficient (Wildman–Crippen LogP) is 2.73. The number of rotatable bonds is 3. The minimum atomic E-state index is -0.841. The van der Waals surface area contributed by atoms with E-state index >= 15 is 0 Å². The molecule has 4 rings (SSSR count). The van der Waals surface area contributed by atoms with Gasteiger partial charge in [0, 0.05) is 12.4 Å². The van der Waals surface area contributed by atoms with Crippen molar-refractivity contribution < 1.29 is 4.39 Å². The Morgan fingerprint density at radius 1 is 1.04 bits per heavy atom. The molecule has 0 amide bonds. The Morgan fingerprint density at radius 2 is 1.85 bits per heavy atom.